The minimum Gasteiger partial charge on any atom is -0.353 e. The number of nitrogens with zero attached hydrogens (tertiary/aromatic N) is 2. The number of hydrogen-bond acceptors (Lipinski definition) is 4. The van der Waals surface area contributed by atoms with E-state index in [0.717, 1.165) is 22.0 Å². The van der Waals surface area contributed by atoms with Crippen molar-refractivity contribution in [2.75, 3.05) is 18.5 Å². The topological polar surface area (TPSA) is 86.8 Å². The van der Waals surface area contributed by atoms with Gasteiger partial charge in [0.25, 0.3) is 0 Å². The highest BCUT2D eigenvalue weighted by molar-refractivity contribution is 7.89. The Bertz CT molecular complexity index is 807. The molecule has 1 aliphatic heterocycles. The monoisotopic (exact) mass is 381 g/mol. The number of likely N-dealkylation sites (N-methyl/N-ethyl adjacent to an activating group) is 1. The zero-order valence-electron chi connectivity index (χ0n) is 15.9. The summed E-state index contributed by atoms with van der Waals surface area (Å²) in [6.45, 7) is 7.01. The molecule has 0 radical (unpaired) electrons. The van der Waals surface area contributed by atoms with Crippen molar-refractivity contribution < 1.29 is 18.0 Å². The Labute approximate surface area is 155 Å². The summed E-state index contributed by atoms with van der Waals surface area (Å²) in [4.78, 5) is 25.6. The summed E-state index contributed by atoms with van der Waals surface area (Å²) in [5.41, 5.74) is 1.58. The van der Waals surface area contributed by atoms with Crippen LogP contribution in [0.15, 0.2) is 23.1 Å². The van der Waals surface area contributed by atoms with Gasteiger partial charge in [-0.25, -0.2) is 8.42 Å². The number of rotatable bonds is 6. The van der Waals surface area contributed by atoms with Gasteiger partial charge in [-0.1, -0.05) is 6.92 Å². The van der Waals surface area contributed by atoms with E-state index in [-0.39, 0.29) is 35.3 Å². The van der Waals surface area contributed by atoms with Crippen molar-refractivity contribution in [3.8, 4) is 0 Å². The number of nitrogens with one attached hydrogen (secondary N) is 1. The van der Waals surface area contributed by atoms with Crippen molar-refractivity contribution >= 4 is 27.5 Å². The van der Waals surface area contributed by atoms with Crippen LogP contribution < -0.4 is 10.2 Å². The summed E-state index contributed by atoms with van der Waals surface area (Å²) in [7, 11) is -2.39. The van der Waals surface area contributed by atoms with E-state index in [9.17, 15) is 18.0 Å². The van der Waals surface area contributed by atoms with Gasteiger partial charge in [0.15, 0.2) is 0 Å². The van der Waals surface area contributed by atoms with Gasteiger partial charge < -0.3 is 10.2 Å². The third-order valence-corrected chi connectivity index (χ3v) is 6.50. The zero-order valence-corrected chi connectivity index (χ0v) is 16.8. The normalized spacial score (nSPS) is 17.9. The van der Waals surface area contributed by atoms with Gasteiger partial charge in [-0.2, -0.15) is 4.31 Å². The van der Waals surface area contributed by atoms with E-state index in [1.807, 2.05) is 20.8 Å². The van der Waals surface area contributed by atoms with E-state index in [1.165, 1.54) is 20.0 Å². The lowest BCUT2D eigenvalue weighted by Gasteiger charge is -2.21. The Morgan fingerprint density at radius 3 is 2.62 bits per heavy atom. The van der Waals surface area contributed by atoms with Crippen LogP contribution in [0.4, 0.5) is 5.69 Å². The predicted octanol–water partition coefficient (Wildman–Crippen LogP) is 1.52. The molecular weight excluding hydrogens is 354 g/mol. The van der Waals surface area contributed by atoms with Gasteiger partial charge in [0, 0.05) is 31.7 Å². The van der Waals surface area contributed by atoms with Crippen LogP contribution in [0.3, 0.4) is 0 Å². The lowest BCUT2D eigenvalue weighted by atomic mass is 10.1. The van der Waals surface area contributed by atoms with E-state index in [1.54, 1.807) is 17.0 Å². The van der Waals surface area contributed by atoms with Crippen LogP contribution >= 0.6 is 0 Å². The molecule has 0 spiro atoms. The highest BCUT2D eigenvalue weighted by Gasteiger charge is 2.31. The average Bonchev–Trinajstić information content (AvgIpc) is 2.89. The maximum absolute atomic E-state index is 12.8. The summed E-state index contributed by atoms with van der Waals surface area (Å²) in [5.74, 6) is -0.395. The molecule has 0 aliphatic carbocycles. The number of hydrogen-bond donors (Lipinski definition) is 1. The highest BCUT2D eigenvalue weighted by Crippen LogP contribution is 2.34. The molecule has 1 aromatic carbocycles. The van der Waals surface area contributed by atoms with Gasteiger partial charge in [0.05, 0.1) is 11.4 Å². The van der Waals surface area contributed by atoms with Crippen molar-refractivity contribution in [3.63, 3.8) is 0 Å². The molecule has 0 bridgehead atoms. The van der Waals surface area contributed by atoms with Crippen LogP contribution in [0.2, 0.25) is 0 Å². The van der Waals surface area contributed by atoms with E-state index in [0.29, 0.717) is 6.42 Å². The van der Waals surface area contributed by atoms with Gasteiger partial charge >= 0.3 is 0 Å². The first-order chi connectivity index (χ1) is 12.1. The number of anilines is 1. The first-order valence-electron chi connectivity index (χ1n) is 8.76. The maximum atomic E-state index is 12.8. The van der Waals surface area contributed by atoms with Gasteiger partial charge in [-0.3, -0.25) is 9.59 Å². The summed E-state index contributed by atoms with van der Waals surface area (Å²) < 4.78 is 26.6. The first-order valence-corrected chi connectivity index (χ1v) is 10.2. The standard InChI is InChI=1S/C18H27N3O4S/c1-6-12(2)19-18(23)11-20(5)26(24,25)16-7-8-17-15(10-16)9-13(3)21(17)14(4)22/h7-8,10,12-13H,6,9,11H2,1-5H3,(H,19,23)/t12-,13+/m0/s1. The molecule has 2 atom stereocenters. The van der Waals surface area contributed by atoms with Gasteiger partial charge in [-0.15, -0.1) is 0 Å². The number of fused-ring (bicyclic) bond motifs is 1. The van der Waals surface area contributed by atoms with Crippen molar-refractivity contribution in [2.24, 2.45) is 0 Å². The van der Waals surface area contributed by atoms with Crippen LogP contribution in [-0.4, -0.2) is 50.2 Å². The summed E-state index contributed by atoms with van der Waals surface area (Å²) in [6, 6.07) is 4.76. The van der Waals surface area contributed by atoms with E-state index in [2.05, 4.69) is 5.32 Å². The molecule has 7 nitrogen and oxygen atoms in total. The molecule has 1 aliphatic rings. The lowest BCUT2D eigenvalue weighted by molar-refractivity contribution is -0.121. The fraction of sp³-hybridized carbons (Fsp3) is 0.556. The Morgan fingerprint density at radius 2 is 2.04 bits per heavy atom. The molecule has 0 saturated carbocycles. The highest BCUT2D eigenvalue weighted by atomic mass is 32.2. The van der Waals surface area contributed by atoms with Crippen molar-refractivity contribution in [1.29, 1.82) is 0 Å². The smallest absolute Gasteiger partial charge is 0.243 e. The number of sulfonamides is 1. The predicted molar refractivity (Wildman–Crippen MR) is 100 cm³/mol. The van der Waals surface area contributed by atoms with E-state index < -0.39 is 10.0 Å². The number of benzene rings is 1. The maximum Gasteiger partial charge on any atom is 0.243 e. The van der Waals surface area contributed by atoms with Crippen LogP contribution in [0.5, 0.6) is 0 Å². The molecule has 0 fully saturated rings. The third kappa shape index (κ3) is 4.07. The number of carbonyl (C=O) groups excluding carboxylic acids is 2. The Hall–Kier alpha value is -1.93. The SMILES string of the molecule is CC[C@H](C)NC(=O)CN(C)S(=O)(=O)c1ccc2c(c1)C[C@@H](C)N2C(C)=O. The molecule has 2 amide bonds. The fourth-order valence-corrected chi connectivity index (χ4v) is 4.32. The second kappa shape index (κ2) is 7.75. The summed E-state index contributed by atoms with van der Waals surface area (Å²) in [5, 5.41) is 2.76. The van der Waals surface area contributed by atoms with Crippen molar-refractivity contribution in [3.05, 3.63) is 23.8 Å². The fourth-order valence-electron chi connectivity index (χ4n) is 3.14. The lowest BCUT2D eigenvalue weighted by Crippen LogP contribution is -2.41. The molecule has 1 aromatic rings. The van der Waals surface area contributed by atoms with Gasteiger partial charge in [-0.05, 0) is 50.5 Å². The van der Waals surface area contributed by atoms with E-state index in [4.69, 9.17) is 0 Å². The van der Waals surface area contributed by atoms with Gasteiger partial charge in [0.2, 0.25) is 21.8 Å². The zero-order chi connectivity index (χ0) is 19.6. The van der Waals surface area contributed by atoms with Crippen molar-refractivity contribution in [2.45, 2.75) is 57.5 Å². The molecular formula is C18H27N3O4S. The molecule has 144 valence electrons. The Balaban J connectivity index is 2.21. The van der Waals surface area contributed by atoms with Crippen LogP contribution in [0.1, 0.15) is 39.7 Å². The Kier molecular flexibility index (Phi) is 6.08. The minimum atomic E-state index is -3.78. The first kappa shape index (κ1) is 20.4. The second-order valence-electron chi connectivity index (χ2n) is 6.87. The molecule has 0 unspecified atom stereocenters. The Morgan fingerprint density at radius 1 is 1.38 bits per heavy atom. The molecule has 0 saturated heterocycles. The van der Waals surface area contributed by atoms with Crippen LogP contribution in [0, 0.1) is 0 Å². The number of carbonyl (C=O) groups is 2. The summed E-state index contributed by atoms with van der Waals surface area (Å²) >= 11 is 0. The quantitative estimate of drug-likeness (QED) is 0.809. The van der Waals surface area contributed by atoms with Crippen LogP contribution in [0.25, 0.3) is 0 Å². The third-order valence-electron chi connectivity index (χ3n) is 4.70. The molecule has 8 heteroatoms. The molecule has 26 heavy (non-hydrogen) atoms. The van der Waals surface area contributed by atoms with Crippen LogP contribution in [-0.2, 0) is 26.0 Å². The second-order valence-corrected chi connectivity index (χ2v) is 8.92. The van der Waals surface area contributed by atoms with Gasteiger partial charge in [0.1, 0.15) is 0 Å². The molecule has 0 aromatic heterocycles. The van der Waals surface area contributed by atoms with Crippen molar-refractivity contribution in [1.82, 2.24) is 9.62 Å². The average molecular weight is 381 g/mol. The van der Waals surface area contributed by atoms with E-state index >= 15 is 0 Å². The largest absolute Gasteiger partial charge is 0.353 e. The molecule has 1 N–H and O–H groups in total. The summed E-state index contributed by atoms with van der Waals surface area (Å²) in [6.07, 6.45) is 1.38. The number of amides is 2. The molecule has 2 rings (SSSR count). The molecule has 1 heterocycles. The minimum absolute atomic E-state index is 0.000470.